The van der Waals surface area contributed by atoms with Gasteiger partial charge in [0, 0.05) is 0 Å². The van der Waals surface area contributed by atoms with Crippen LogP contribution >= 0.6 is 0 Å². The molecular formula is C21H21N3O4. The van der Waals surface area contributed by atoms with Gasteiger partial charge in [-0.2, -0.15) is 0 Å². The van der Waals surface area contributed by atoms with Crippen LogP contribution in [0.1, 0.15) is 24.5 Å². The number of amides is 4. The Labute approximate surface area is 162 Å². The monoisotopic (exact) mass is 379 g/mol. The summed E-state index contributed by atoms with van der Waals surface area (Å²) < 4.78 is 5.49. The molecule has 28 heavy (non-hydrogen) atoms. The second kappa shape index (κ2) is 6.99. The lowest BCUT2D eigenvalue weighted by atomic mass is 9.92. The first-order valence-corrected chi connectivity index (χ1v) is 9.29. The molecule has 1 aliphatic heterocycles. The van der Waals surface area contributed by atoms with E-state index in [9.17, 15) is 14.4 Å². The number of ether oxygens (including phenoxy) is 1. The van der Waals surface area contributed by atoms with E-state index in [1.807, 2.05) is 31.2 Å². The van der Waals surface area contributed by atoms with E-state index in [0.29, 0.717) is 30.9 Å². The summed E-state index contributed by atoms with van der Waals surface area (Å²) in [4.78, 5) is 39.1. The minimum absolute atomic E-state index is 0.352. The number of imide groups is 1. The van der Waals surface area contributed by atoms with Gasteiger partial charge in [-0.05, 0) is 43.0 Å². The summed E-state index contributed by atoms with van der Waals surface area (Å²) in [6, 6.07) is 14.1. The Bertz CT molecular complexity index is 958. The summed E-state index contributed by atoms with van der Waals surface area (Å²) in [6.45, 7) is 1.96. The Hall–Kier alpha value is -3.35. The molecule has 2 N–H and O–H groups in total. The van der Waals surface area contributed by atoms with Gasteiger partial charge in [0.05, 0.1) is 12.3 Å². The van der Waals surface area contributed by atoms with Gasteiger partial charge in [-0.15, -0.1) is 0 Å². The number of urea groups is 1. The number of para-hydroxylation sites is 2. The molecule has 2 aromatic rings. The molecule has 4 rings (SSSR count). The minimum atomic E-state index is -1.06. The third kappa shape index (κ3) is 2.89. The van der Waals surface area contributed by atoms with Crippen LogP contribution in [0.5, 0.6) is 5.75 Å². The van der Waals surface area contributed by atoms with E-state index in [0.717, 1.165) is 16.0 Å². The molecule has 2 aliphatic rings. The van der Waals surface area contributed by atoms with Crippen LogP contribution in [0.4, 0.5) is 10.5 Å². The van der Waals surface area contributed by atoms with Gasteiger partial charge in [-0.1, -0.05) is 36.4 Å². The minimum Gasteiger partial charge on any atom is -0.492 e. The average molecular weight is 379 g/mol. The molecule has 0 radical (unpaired) electrons. The lowest BCUT2D eigenvalue weighted by molar-refractivity contribution is -0.134. The second-order valence-electron chi connectivity index (χ2n) is 6.86. The van der Waals surface area contributed by atoms with E-state index in [4.69, 9.17) is 4.74 Å². The SMILES string of the molecule is CCOc1ccccc1NC(=O)CN1C(=O)N[C@@]2(CCc3ccccc32)C1=O. The number of carbonyl (C=O) groups excluding carboxylic acids is 3. The summed E-state index contributed by atoms with van der Waals surface area (Å²) >= 11 is 0. The smallest absolute Gasteiger partial charge is 0.325 e. The van der Waals surface area contributed by atoms with Gasteiger partial charge < -0.3 is 15.4 Å². The standard InChI is InChI=1S/C21H21N3O4/c1-2-28-17-10-6-5-9-16(17)22-18(25)13-24-19(26)21(23-20(24)27)12-11-14-7-3-4-8-15(14)21/h3-10H,2,11-13H2,1H3,(H,22,25)(H,23,27)/t21-/m1/s1. The maximum Gasteiger partial charge on any atom is 0.325 e. The molecule has 7 heteroatoms. The molecule has 144 valence electrons. The number of hydrogen-bond acceptors (Lipinski definition) is 4. The fourth-order valence-corrected chi connectivity index (χ4v) is 3.92. The van der Waals surface area contributed by atoms with Crippen molar-refractivity contribution in [2.45, 2.75) is 25.3 Å². The number of aryl methyl sites for hydroxylation is 1. The molecule has 2 aromatic carbocycles. The number of carbonyl (C=O) groups is 3. The molecule has 1 heterocycles. The Morgan fingerprint density at radius 1 is 1.18 bits per heavy atom. The summed E-state index contributed by atoms with van der Waals surface area (Å²) in [5.41, 5.74) is 1.31. The van der Waals surface area contributed by atoms with Crippen LogP contribution in [0.2, 0.25) is 0 Å². The highest BCUT2D eigenvalue weighted by atomic mass is 16.5. The van der Waals surface area contributed by atoms with Gasteiger partial charge in [0.15, 0.2) is 0 Å². The number of nitrogens with one attached hydrogen (secondary N) is 2. The molecule has 4 amide bonds. The van der Waals surface area contributed by atoms with Crippen LogP contribution < -0.4 is 15.4 Å². The number of benzene rings is 2. The fraction of sp³-hybridized carbons (Fsp3) is 0.286. The summed E-state index contributed by atoms with van der Waals surface area (Å²) in [6.07, 6.45) is 1.21. The molecule has 7 nitrogen and oxygen atoms in total. The molecule has 1 saturated heterocycles. The highest BCUT2D eigenvalue weighted by Gasteiger charge is 2.55. The number of rotatable bonds is 5. The zero-order valence-electron chi connectivity index (χ0n) is 15.5. The predicted molar refractivity (Wildman–Crippen MR) is 103 cm³/mol. The van der Waals surface area contributed by atoms with Gasteiger partial charge >= 0.3 is 6.03 Å². The first-order chi connectivity index (χ1) is 13.5. The molecule has 1 fully saturated rings. The Balaban J connectivity index is 1.51. The third-order valence-corrected chi connectivity index (χ3v) is 5.18. The topological polar surface area (TPSA) is 87.7 Å². The fourth-order valence-electron chi connectivity index (χ4n) is 3.92. The second-order valence-corrected chi connectivity index (χ2v) is 6.86. The predicted octanol–water partition coefficient (Wildman–Crippen LogP) is 2.42. The van der Waals surface area contributed by atoms with Crippen molar-refractivity contribution in [1.82, 2.24) is 10.2 Å². The van der Waals surface area contributed by atoms with Crippen molar-refractivity contribution in [3.8, 4) is 5.75 Å². The molecular weight excluding hydrogens is 358 g/mol. The largest absolute Gasteiger partial charge is 0.492 e. The molecule has 1 atom stereocenters. The zero-order chi connectivity index (χ0) is 19.7. The van der Waals surface area contributed by atoms with Gasteiger partial charge in [0.2, 0.25) is 5.91 Å². The summed E-state index contributed by atoms with van der Waals surface area (Å²) in [5.74, 6) is -0.300. The highest BCUT2D eigenvalue weighted by molar-refractivity contribution is 6.11. The van der Waals surface area contributed by atoms with Crippen molar-refractivity contribution in [2.24, 2.45) is 0 Å². The van der Waals surface area contributed by atoms with E-state index >= 15 is 0 Å². The lowest BCUT2D eigenvalue weighted by Crippen LogP contribution is -2.43. The first kappa shape index (κ1) is 18.0. The van der Waals surface area contributed by atoms with Crippen molar-refractivity contribution in [2.75, 3.05) is 18.5 Å². The van der Waals surface area contributed by atoms with Crippen molar-refractivity contribution >= 4 is 23.5 Å². The van der Waals surface area contributed by atoms with Crippen LogP contribution in [-0.2, 0) is 21.5 Å². The van der Waals surface area contributed by atoms with E-state index in [-0.39, 0.29) is 12.5 Å². The molecule has 0 aromatic heterocycles. The maximum atomic E-state index is 13.1. The maximum absolute atomic E-state index is 13.1. The van der Waals surface area contributed by atoms with Gasteiger partial charge in [0.1, 0.15) is 17.8 Å². The van der Waals surface area contributed by atoms with Crippen LogP contribution in [0.3, 0.4) is 0 Å². The Morgan fingerprint density at radius 2 is 1.93 bits per heavy atom. The Kier molecular flexibility index (Phi) is 4.50. The zero-order valence-corrected chi connectivity index (χ0v) is 15.5. The number of fused-ring (bicyclic) bond motifs is 2. The van der Waals surface area contributed by atoms with Gasteiger partial charge in [-0.25, -0.2) is 4.79 Å². The van der Waals surface area contributed by atoms with Crippen molar-refractivity contribution in [1.29, 1.82) is 0 Å². The van der Waals surface area contributed by atoms with Crippen LogP contribution in [-0.4, -0.2) is 35.9 Å². The normalized spacial score (nSPS) is 20.2. The van der Waals surface area contributed by atoms with Crippen molar-refractivity contribution in [3.05, 3.63) is 59.7 Å². The van der Waals surface area contributed by atoms with Crippen LogP contribution in [0.15, 0.2) is 48.5 Å². The molecule has 1 aliphatic carbocycles. The average Bonchev–Trinajstić information content (AvgIpc) is 3.17. The van der Waals surface area contributed by atoms with Gasteiger partial charge in [-0.3, -0.25) is 14.5 Å². The number of hydrogen-bond donors (Lipinski definition) is 2. The van der Waals surface area contributed by atoms with Crippen LogP contribution in [0.25, 0.3) is 0 Å². The van der Waals surface area contributed by atoms with Crippen molar-refractivity contribution in [3.63, 3.8) is 0 Å². The first-order valence-electron chi connectivity index (χ1n) is 9.29. The molecule has 0 bridgehead atoms. The summed E-state index contributed by atoms with van der Waals surface area (Å²) in [5, 5.41) is 5.54. The number of nitrogens with zero attached hydrogens (tertiary/aromatic N) is 1. The molecule has 0 unspecified atom stereocenters. The van der Waals surface area contributed by atoms with E-state index in [1.165, 1.54) is 0 Å². The van der Waals surface area contributed by atoms with E-state index < -0.39 is 17.5 Å². The number of anilines is 1. The quantitative estimate of drug-likeness (QED) is 0.781. The van der Waals surface area contributed by atoms with Gasteiger partial charge in [0.25, 0.3) is 5.91 Å². The van der Waals surface area contributed by atoms with E-state index in [1.54, 1.807) is 24.3 Å². The van der Waals surface area contributed by atoms with E-state index in [2.05, 4.69) is 10.6 Å². The third-order valence-electron chi connectivity index (χ3n) is 5.18. The molecule has 1 spiro atoms. The van der Waals surface area contributed by atoms with Crippen molar-refractivity contribution < 1.29 is 19.1 Å². The van der Waals surface area contributed by atoms with Crippen LogP contribution in [0, 0.1) is 0 Å². The highest BCUT2D eigenvalue weighted by Crippen LogP contribution is 2.41. The molecule has 0 saturated carbocycles. The lowest BCUT2D eigenvalue weighted by Gasteiger charge is -2.22. The Morgan fingerprint density at radius 3 is 2.75 bits per heavy atom. The summed E-state index contributed by atoms with van der Waals surface area (Å²) in [7, 11) is 0.